The maximum absolute atomic E-state index is 12.0. The van der Waals surface area contributed by atoms with Gasteiger partial charge in [0.2, 0.25) is 17.4 Å². The van der Waals surface area contributed by atoms with E-state index in [1.165, 1.54) is 0 Å². The van der Waals surface area contributed by atoms with Gasteiger partial charge in [-0.2, -0.15) is 9.97 Å². The zero-order valence-corrected chi connectivity index (χ0v) is 21.6. The minimum absolute atomic E-state index is 0.126. The Morgan fingerprint density at radius 3 is 2.21 bits per heavy atom. The van der Waals surface area contributed by atoms with Gasteiger partial charge >= 0.3 is 5.97 Å². The van der Waals surface area contributed by atoms with Gasteiger partial charge in [0.05, 0.1) is 0 Å². The fourth-order valence-corrected chi connectivity index (χ4v) is 4.44. The van der Waals surface area contributed by atoms with Crippen LogP contribution < -0.4 is 25.0 Å². The molecule has 39 heavy (non-hydrogen) atoms. The molecule has 0 spiro atoms. The number of carboxylic acid groups (broad SMARTS) is 1. The largest absolute Gasteiger partial charge is 0.478 e. The lowest BCUT2D eigenvalue weighted by atomic mass is 9.96. The number of aromatic nitrogens is 3. The third kappa shape index (κ3) is 6.35. The number of nitrogens with two attached hydrogens (primary N) is 1. The van der Waals surface area contributed by atoms with E-state index >= 15 is 0 Å². The molecule has 2 aromatic carbocycles. The maximum atomic E-state index is 12.0. The monoisotopic (exact) mass is 526 g/mol. The normalized spacial score (nSPS) is 14.9. The van der Waals surface area contributed by atoms with Gasteiger partial charge in [-0.25, -0.2) is 9.78 Å². The summed E-state index contributed by atoms with van der Waals surface area (Å²) in [6, 6.07) is 23.8. The molecule has 1 atom stereocenters. The smallest absolute Gasteiger partial charge is 0.348 e. The number of nitrogen functional groups attached to an aromatic ring is 1. The molecule has 0 saturated carbocycles. The summed E-state index contributed by atoms with van der Waals surface area (Å²) in [4.78, 5) is 29.5. The van der Waals surface area contributed by atoms with Gasteiger partial charge in [-0.15, -0.1) is 0 Å². The Balaban J connectivity index is 1.23. The SMILES string of the molecule is CC(Cc1ccc(Oc2cc(N3CCN(c4ccccn4)CC3)nc(N)n2)cc1)(Oc1ccccc1)C(=O)O. The molecule has 4 aromatic rings. The topological polar surface area (TPSA) is 127 Å². The van der Waals surface area contributed by atoms with Crippen molar-refractivity contribution in [3.63, 3.8) is 0 Å². The van der Waals surface area contributed by atoms with Gasteiger partial charge in [-0.3, -0.25) is 0 Å². The number of anilines is 3. The number of hydrogen-bond donors (Lipinski definition) is 2. The molecule has 2 aromatic heterocycles. The second-order valence-corrected chi connectivity index (χ2v) is 9.46. The van der Waals surface area contributed by atoms with Crippen LogP contribution in [0.5, 0.6) is 17.4 Å². The van der Waals surface area contributed by atoms with Gasteiger partial charge < -0.3 is 30.1 Å². The lowest BCUT2D eigenvalue weighted by Crippen LogP contribution is -2.47. The highest BCUT2D eigenvalue weighted by atomic mass is 16.5. The third-order valence-electron chi connectivity index (χ3n) is 6.51. The van der Waals surface area contributed by atoms with Crippen LogP contribution in [0.4, 0.5) is 17.6 Å². The predicted molar refractivity (Wildman–Crippen MR) is 148 cm³/mol. The molecule has 3 N–H and O–H groups in total. The number of benzene rings is 2. The summed E-state index contributed by atoms with van der Waals surface area (Å²) >= 11 is 0. The minimum atomic E-state index is -1.43. The molecule has 1 fully saturated rings. The number of nitrogens with zero attached hydrogens (tertiary/aromatic N) is 5. The quantitative estimate of drug-likeness (QED) is 0.330. The molecule has 200 valence electrons. The van der Waals surface area contributed by atoms with Crippen LogP contribution in [-0.4, -0.2) is 57.8 Å². The molecule has 1 unspecified atom stereocenters. The number of para-hydroxylation sites is 1. The second-order valence-electron chi connectivity index (χ2n) is 9.46. The first kappa shape index (κ1) is 25.8. The van der Waals surface area contributed by atoms with Crippen LogP contribution in [0.25, 0.3) is 0 Å². The molecule has 1 saturated heterocycles. The van der Waals surface area contributed by atoms with Crippen molar-refractivity contribution in [2.75, 3.05) is 41.7 Å². The number of piperazine rings is 1. The molecule has 0 aliphatic carbocycles. The van der Waals surface area contributed by atoms with E-state index < -0.39 is 11.6 Å². The molecule has 3 heterocycles. The second kappa shape index (κ2) is 11.3. The first-order chi connectivity index (χ1) is 18.9. The highest BCUT2D eigenvalue weighted by molar-refractivity contribution is 5.78. The Morgan fingerprint density at radius 1 is 0.897 bits per heavy atom. The average Bonchev–Trinajstić information content (AvgIpc) is 2.95. The number of aliphatic carboxylic acids is 1. The lowest BCUT2D eigenvalue weighted by molar-refractivity contribution is -0.153. The molecule has 5 rings (SSSR count). The summed E-state index contributed by atoms with van der Waals surface area (Å²) in [6.07, 6.45) is 1.97. The zero-order valence-electron chi connectivity index (χ0n) is 21.6. The van der Waals surface area contributed by atoms with Gasteiger partial charge in [0.25, 0.3) is 0 Å². The van der Waals surface area contributed by atoms with Crippen LogP contribution in [0, 0.1) is 0 Å². The summed E-state index contributed by atoms with van der Waals surface area (Å²) in [6.45, 7) is 4.70. The van der Waals surface area contributed by atoms with E-state index in [9.17, 15) is 9.90 Å². The maximum Gasteiger partial charge on any atom is 0.348 e. The highest BCUT2D eigenvalue weighted by Crippen LogP contribution is 2.28. The van der Waals surface area contributed by atoms with Crippen molar-refractivity contribution < 1.29 is 19.4 Å². The molecule has 0 radical (unpaired) electrons. The molecular weight excluding hydrogens is 496 g/mol. The summed E-state index contributed by atoms with van der Waals surface area (Å²) in [7, 11) is 0. The fourth-order valence-electron chi connectivity index (χ4n) is 4.44. The van der Waals surface area contributed by atoms with E-state index in [1.807, 2.05) is 36.4 Å². The van der Waals surface area contributed by atoms with Crippen LogP contribution in [0.3, 0.4) is 0 Å². The molecular formula is C29H30N6O4. The van der Waals surface area contributed by atoms with E-state index in [-0.39, 0.29) is 12.4 Å². The number of carboxylic acids is 1. The van der Waals surface area contributed by atoms with Crippen LogP contribution >= 0.6 is 0 Å². The fraction of sp³-hybridized carbons (Fsp3) is 0.241. The summed E-state index contributed by atoms with van der Waals surface area (Å²) in [5, 5.41) is 9.85. The Hall–Kier alpha value is -4.86. The van der Waals surface area contributed by atoms with E-state index in [1.54, 1.807) is 55.6 Å². The first-order valence-corrected chi connectivity index (χ1v) is 12.7. The van der Waals surface area contributed by atoms with Gasteiger partial charge in [-0.1, -0.05) is 36.4 Å². The van der Waals surface area contributed by atoms with Crippen molar-refractivity contribution in [3.8, 4) is 17.4 Å². The Bertz CT molecular complexity index is 1400. The molecule has 10 heteroatoms. The van der Waals surface area contributed by atoms with Crippen molar-refractivity contribution in [2.24, 2.45) is 0 Å². The Kier molecular flexibility index (Phi) is 7.44. The summed E-state index contributed by atoms with van der Waals surface area (Å²) in [5.74, 6) is 2.12. The zero-order chi connectivity index (χ0) is 27.2. The van der Waals surface area contributed by atoms with E-state index in [0.29, 0.717) is 23.2 Å². The van der Waals surface area contributed by atoms with Gasteiger partial charge in [0.1, 0.15) is 23.1 Å². The van der Waals surface area contributed by atoms with Crippen LogP contribution in [0.15, 0.2) is 85.1 Å². The van der Waals surface area contributed by atoms with E-state index in [2.05, 4.69) is 24.8 Å². The van der Waals surface area contributed by atoms with E-state index in [4.69, 9.17) is 15.2 Å². The van der Waals surface area contributed by atoms with Crippen molar-refractivity contribution in [1.82, 2.24) is 15.0 Å². The third-order valence-corrected chi connectivity index (χ3v) is 6.51. The van der Waals surface area contributed by atoms with Crippen LogP contribution in [-0.2, 0) is 11.2 Å². The van der Waals surface area contributed by atoms with Crippen molar-refractivity contribution in [1.29, 1.82) is 0 Å². The number of ether oxygens (including phenoxy) is 2. The van der Waals surface area contributed by atoms with Crippen LogP contribution in [0.2, 0.25) is 0 Å². The van der Waals surface area contributed by atoms with E-state index in [0.717, 1.165) is 37.6 Å². The lowest BCUT2D eigenvalue weighted by Gasteiger charge is -2.36. The molecule has 1 aliphatic rings. The number of hydrogen-bond acceptors (Lipinski definition) is 9. The molecule has 10 nitrogen and oxygen atoms in total. The Labute approximate surface area is 226 Å². The standard InChI is InChI=1S/C29H30N6O4/c1-29(27(36)37,39-23-7-3-2-4-8-23)20-21-10-12-22(13-11-21)38-26-19-25(32-28(30)33-26)35-17-15-34(16-18-35)24-9-5-6-14-31-24/h2-14,19H,15-18,20H2,1H3,(H,36,37)(H2,30,32,33). The Morgan fingerprint density at radius 2 is 1.56 bits per heavy atom. The molecule has 0 amide bonds. The minimum Gasteiger partial charge on any atom is -0.478 e. The molecule has 1 aliphatic heterocycles. The number of pyridine rings is 1. The molecule has 0 bridgehead atoms. The van der Waals surface area contributed by atoms with Gasteiger partial charge in [0, 0.05) is 44.9 Å². The van der Waals surface area contributed by atoms with Crippen LogP contribution in [0.1, 0.15) is 12.5 Å². The first-order valence-electron chi connectivity index (χ1n) is 12.7. The van der Waals surface area contributed by atoms with Gasteiger partial charge in [-0.05, 0) is 48.9 Å². The predicted octanol–water partition coefficient (Wildman–Crippen LogP) is 4.04. The number of carbonyl (C=O) groups is 1. The summed E-state index contributed by atoms with van der Waals surface area (Å²) < 4.78 is 11.8. The highest BCUT2D eigenvalue weighted by Gasteiger charge is 2.36. The summed E-state index contributed by atoms with van der Waals surface area (Å²) in [5.41, 5.74) is 5.36. The average molecular weight is 527 g/mol. The van der Waals surface area contributed by atoms with Crippen molar-refractivity contribution >= 4 is 23.6 Å². The van der Waals surface area contributed by atoms with Crippen molar-refractivity contribution in [2.45, 2.75) is 18.9 Å². The number of rotatable bonds is 9. The van der Waals surface area contributed by atoms with Crippen molar-refractivity contribution in [3.05, 3.63) is 90.6 Å². The van der Waals surface area contributed by atoms with Gasteiger partial charge in [0.15, 0.2) is 0 Å².